The van der Waals surface area contributed by atoms with E-state index in [1.54, 1.807) is 54.3 Å². The van der Waals surface area contributed by atoms with Crippen molar-refractivity contribution in [3.8, 4) is 0 Å². The molecule has 8 heteroatoms. The summed E-state index contributed by atoms with van der Waals surface area (Å²) in [4.78, 5) is 27.0. The highest BCUT2D eigenvalue weighted by atomic mass is 32.2. The summed E-state index contributed by atoms with van der Waals surface area (Å²) >= 11 is 0. The Balaban J connectivity index is 1.68. The summed E-state index contributed by atoms with van der Waals surface area (Å²) in [5.41, 5.74) is 2.37. The molecule has 0 unspecified atom stereocenters. The topological polar surface area (TPSA) is 95.6 Å². The number of hydrogen-bond donors (Lipinski definition) is 2. The van der Waals surface area contributed by atoms with E-state index in [0.29, 0.717) is 49.3 Å². The summed E-state index contributed by atoms with van der Waals surface area (Å²) < 4.78 is 28.3. The van der Waals surface area contributed by atoms with Gasteiger partial charge in [-0.1, -0.05) is 29.8 Å². The molecule has 0 saturated carbocycles. The molecular weight excluding hydrogens is 426 g/mol. The molecule has 0 aliphatic carbocycles. The number of rotatable bonds is 7. The molecular formula is C24H29N3O4S. The standard InChI is InChI=1S/C24H29N3O4S/c1-4-12-25-23(28)19-10-13-27(14-11-19)24(29)20-6-5-7-21(16-20)26-32(30,31)22-9-8-17(2)15-18(22)3/h4-9,15-16,19,26H,1,10-14H2,2-3H3,(H,25,28). The van der Waals surface area contributed by atoms with Gasteiger partial charge in [0, 0.05) is 36.8 Å². The highest BCUT2D eigenvalue weighted by molar-refractivity contribution is 7.92. The Bertz CT molecular complexity index is 1120. The third-order valence-corrected chi connectivity index (χ3v) is 7.10. The maximum absolute atomic E-state index is 13.0. The number of carbonyl (C=O) groups excluding carboxylic acids is 2. The molecule has 1 heterocycles. The normalized spacial score (nSPS) is 14.6. The van der Waals surface area contributed by atoms with Gasteiger partial charge in [0.05, 0.1) is 4.90 Å². The Morgan fingerprint density at radius 3 is 2.50 bits per heavy atom. The van der Waals surface area contributed by atoms with Gasteiger partial charge in [-0.3, -0.25) is 14.3 Å². The first-order valence-corrected chi connectivity index (χ1v) is 12.1. The highest BCUT2D eigenvalue weighted by Gasteiger charge is 2.28. The van der Waals surface area contributed by atoms with Crippen molar-refractivity contribution >= 4 is 27.5 Å². The minimum Gasteiger partial charge on any atom is -0.352 e. The molecule has 2 aromatic carbocycles. The zero-order valence-electron chi connectivity index (χ0n) is 18.4. The maximum atomic E-state index is 13.0. The Morgan fingerprint density at radius 2 is 1.84 bits per heavy atom. The van der Waals surface area contributed by atoms with E-state index < -0.39 is 10.0 Å². The monoisotopic (exact) mass is 455 g/mol. The molecule has 2 N–H and O–H groups in total. The number of anilines is 1. The van der Waals surface area contributed by atoms with Crippen molar-refractivity contribution in [3.63, 3.8) is 0 Å². The molecule has 1 saturated heterocycles. The molecule has 0 radical (unpaired) electrons. The van der Waals surface area contributed by atoms with Crippen LogP contribution >= 0.6 is 0 Å². The van der Waals surface area contributed by atoms with Gasteiger partial charge in [0.2, 0.25) is 5.91 Å². The van der Waals surface area contributed by atoms with Gasteiger partial charge >= 0.3 is 0 Å². The van der Waals surface area contributed by atoms with Crippen molar-refractivity contribution in [2.45, 2.75) is 31.6 Å². The minimum absolute atomic E-state index is 0.0141. The maximum Gasteiger partial charge on any atom is 0.262 e. The molecule has 0 spiro atoms. The van der Waals surface area contributed by atoms with Crippen LogP contribution in [0, 0.1) is 19.8 Å². The number of hydrogen-bond acceptors (Lipinski definition) is 4. The van der Waals surface area contributed by atoms with E-state index in [2.05, 4.69) is 16.6 Å². The average molecular weight is 456 g/mol. The molecule has 0 atom stereocenters. The lowest BCUT2D eigenvalue weighted by Gasteiger charge is -2.31. The highest BCUT2D eigenvalue weighted by Crippen LogP contribution is 2.23. The van der Waals surface area contributed by atoms with Gasteiger partial charge in [0.25, 0.3) is 15.9 Å². The third kappa shape index (κ3) is 5.56. The van der Waals surface area contributed by atoms with Gasteiger partial charge in [-0.15, -0.1) is 6.58 Å². The number of carbonyl (C=O) groups is 2. The molecule has 7 nitrogen and oxygen atoms in total. The number of sulfonamides is 1. The predicted octanol–water partition coefficient (Wildman–Crippen LogP) is 3.26. The second-order valence-corrected chi connectivity index (χ2v) is 9.71. The Kier molecular flexibility index (Phi) is 7.35. The first-order chi connectivity index (χ1) is 15.2. The van der Waals surface area contributed by atoms with Crippen LogP contribution in [0.15, 0.2) is 60.0 Å². The molecule has 2 aromatic rings. The molecule has 1 aliphatic heterocycles. The Labute approximate surface area is 189 Å². The number of piperidine rings is 1. The predicted molar refractivity (Wildman–Crippen MR) is 125 cm³/mol. The number of benzene rings is 2. The van der Waals surface area contributed by atoms with E-state index in [9.17, 15) is 18.0 Å². The van der Waals surface area contributed by atoms with Crippen LogP contribution in [-0.4, -0.2) is 44.8 Å². The first kappa shape index (κ1) is 23.5. The lowest BCUT2D eigenvalue weighted by molar-refractivity contribution is -0.126. The average Bonchev–Trinajstić information content (AvgIpc) is 2.76. The molecule has 2 amide bonds. The molecule has 1 fully saturated rings. The molecule has 3 rings (SSSR count). The van der Waals surface area contributed by atoms with Crippen LogP contribution in [-0.2, 0) is 14.8 Å². The fourth-order valence-electron chi connectivity index (χ4n) is 3.87. The molecule has 1 aliphatic rings. The lowest BCUT2D eigenvalue weighted by atomic mass is 9.95. The van der Waals surface area contributed by atoms with Crippen LogP contribution in [0.3, 0.4) is 0 Å². The molecule has 0 bridgehead atoms. The summed E-state index contributed by atoms with van der Waals surface area (Å²) in [7, 11) is -3.78. The van der Waals surface area contributed by atoms with Crippen molar-refractivity contribution in [2.75, 3.05) is 24.4 Å². The molecule has 170 valence electrons. The van der Waals surface area contributed by atoms with Crippen molar-refractivity contribution < 1.29 is 18.0 Å². The van der Waals surface area contributed by atoms with Crippen LogP contribution in [0.2, 0.25) is 0 Å². The van der Waals surface area contributed by atoms with Crippen LogP contribution in [0.25, 0.3) is 0 Å². The van der Waals surface area contributed by atoms with Gasteiger partial charge < -0.3 is 10.2 Å². The van der Waals surface area contributed by atoms with Crippen molar-refractivity contribution in [1.82, 2.24) is 10.2 Å². The van der Waals surface area contributed by atoms with Crippen LogP contribution in [0.4, 0.5) is 5.69 Å². The summed E-state index contributed by atoms with van der Waals surface area (Å²) in [6.07, 6.45) is 2.82. The second-order valence-electron chi connectivity index (χ2n) is 8.06. The number of likely N-dealkylation sites (tertiary alicyclic amines) is 1. The van der Waals surface area contributed by atoms with Gasteiger partial charge in [-0.25, -0.2) is 8.42 Å². The zero-order chi connectivity index (χ0) is 23.3. The number of aryl methyl sites for hydroxylation is 2. The van der Waals surface area contributed by atoms with Crippen molar-refractivity contribution in [3.05, 3.63) is 71.8 Å². The summed E-state index contributed by atoms with van der Waals surface area (Å²) in [5, 5.41) is 2.80. The van der Waals surface area contributed by atoms with E-state index >= 15 is 0 Å². The minimum atomic E-state index is -3.78. The van der Waals surface area contributed by atoms with E-state index in [4.69, 9.17) is 0 Å². The largest absolute Gasteiger partial charge is 0.352 e. The van der Waals surface area contributed by atoms with Crippen molar-refractivity contribution in [1.29, 1.82) is 0 Å². The van der Waals surface area contributed by atoms with Crippen LogP contribution in [0.1, 0.15) is 34.3 Å². The SMILES string of the molecule is C=CCNC(=O)C1CCN(C(=O)c2cccc(NS(=O)(=O)c3ccc(C)cc3C)c2)CC1. The third-order valence-electron chi connectivity index (χ3n) is 5.56. The quantitative estimate of drug-likeness (QED) is 0.627. The van der Waals surface area contributed by atoms with E-state index in [1.165, 1.54) is 0 Å². The fraction of sp³-hybridized carbons (Fsp3) is 0.333. The first-order valence-electron chi connectivity index (χ1n) is 10.6. The number of nitrogens with zero attached hydrogens (tertiary/aromatic N) is 1. The molecule has 0 aromatic heterocycles. The van der Waals surface area contributed by atoms with Gasteiger partial charge in [0.15, 0.2) is 0 Å². The van der Waals surface area contributed by atoms with Crippen LogP contribution < -0.4 is 10.0 Å². The fourth-order valence-corrected chi connectivity index (χ4v) is 5.15. The number of nitrogens with one attached hydrogen (secondary N) is 2. The summed E-state index contributed by atoms with van der Waals surface area (Å²) in [5.74, 6) is -0.308. The molecule has 32 heavy (non-hydrogen) atoms. The van der Waals surface area contributed by atoms with Crippen LogP contribution in [0.5, 0.6) is 0 Å². The Morgan fingerprint density at radius 1 is 1.12 bits per heavy atom. The van der Waals surface area contributed by atoms with Gasteiger partial charge in [-0.05, 0) is 56.5 Å². The van der Waals surface area contributed by atoms with Gasteiger partial charge in [-0.2, -0.15) is 0 Å². The van der Waals surface area contributed by atoms with E-state index in [-0.39, 0.29) is 22.6 Å². The Hall–Kier alpha value is -3.13. The zero-order valence-corrected chi connectivity index (χ0v) is 19.2. The second kappa shape index (κ2) is 9.99. The van der Waals surface area contributed by atoms with Gasteiger partial charge in [0.1, 0.15) is 0 Å². The lowest BCUT2D eigenvalue weighted by Crippen LogP contribution is -2.43. The van der Waals surface area contributed by atoms with Crippen molar-refractivity contribution in [2.24, 2.45) is 5.92 Å². The van der Waals surface area contributed by atoms with E-state index in [0.717, 1.165) is 5.56 Å². The van der Waals surface area contributed by atoms with E-state index in [1.807, 2.05) is 13.0 Å². The number of amides is 2. The summed E-state index contributed by atoms with van der Waals surface area (Å²) in [6.45, 7) is 8.63. The summed E-state index contributed by atoms with van der Waals surface area (Å²) in [6, 6.07) is 11.6. The smallest absolute Gasteiger partial charge is 0.262 e.